The van der Waals surface area contributed by atoms with E-state index in [-0.39, 0.29) is 61.2 Å². The molecule has 0 aliphatic rings. The van der Waals surface area contributed by atoms with Gasteiger partial charge in [-0.1, -0.05) is 6.07 Å². The molecule has 33 heavy (non-hydrogen) atoms. The van der Waals surface area contributed by atoms with Gasteiger partial charge in [-0.25, -0.2) is 22.1 Å². The summed E-state index contributed by atoms with van der Waals surface area (Å²) in [7, 11) is -0.647. The third kappa shape index (κ3) is 6.65. The zero-order valence-corrected chi connectivity index (χ0v) is 22.0. The van der Waals surface area contributed by atoms with E-state index in [1.807, 2.05) is 30.5 Å². The van der Waals surface area contributed by atoms with Crippen molar-refractivity contribution in [3.63, 3.8) is 0 Å². The Balaban J connectivity index is 0.00000341. The molecule has 7 nitrogen and oxygen atoms in total. The number of fused-ring (bicyclic) bond motifs is 1. The maximum atomic E-state index is 14.2. The van der Waals surface area contributed by atoms with Crippen LogP contribution in [0.2, 0.25) is 0 Å². The first-order valence-corrected chi connectivity index (χ1v) is 11.0. The predicted molar refractivity (Wildman–Crippen MR) is 137 cm³/mol. The van der Waals surface area contributed by atoms with Crippen molar-refractivity contribution in [1.82, 2.24) is 18.8 Å². The van der Waals surface area contributed by atoms with Gasteiger partial charge in [0, 0.05) is 50.2 Å². The summed E-state index contributed by atoms with van der Waals surface area (Å²) in [4.78, 5) is 8.81. The molecule has 12 heteroatoms. The molecule has 3 aromatic rings. The topological polar surface area (TPSA) is 94.1 Å². The first-order chi connectivity index (χ1) is 14.1. The molecule has 3 heterocycles. The molecule has 0 aliphatic carbocycles. The van der Waals surface area contributed by atoms with Gasteiger partial charge in [0.2, 0.25) is 0 Å². The number of aryl methyl sites for hydroxylation is 1. The Bertz CT molecular complexity index is 1210. The monoisotopic (exact) mass is 539 g/mol. The van der Waals surface area contributed by atoms with Gasteiger partial charge in [-0.15, -0.1) is 37.2 Å². The molecule has 2 N–H and O–H groups in total. The highest BCUT2D eigenvalue weighted by Gasteiger charge is 2.20. The van der Waals surface area contributed by atoms with E-state index in [0.717, 1.165) is 37.9 Å². The van der Waals surface area contributed by atoms with Crippen molar-refractivity contribution < 1.29 is 12.8 Å². The second-order valence-corrected chi connectivity index (χ2v) is 9.42. The zero-order chi connectivity index (χ0) is 22.1. The van der Waals surface area contributed by atoms with E-state index in [1.165, 1.54) is 26.2 Å². The highest BCUT2D eigenvalue weighted by molar-refractivity contribution is 7.89. The number of nitrogens with two attached hydrogens (primary N) is 1. The largest absolute Gasteiger partial charge is 0.336 e. The summed E-state index contributed by atoms with van der Waals surface area (Å²) < 4.78 is 41.7. The smallest absolute Gasteiger partial charge is 0.260 e. The fourth-order valence-electron chi connectivity index (χ4n) is 3.32. The molecule has 0 aliphatic heterocycles. The van der Waals surface area contributed by atoms with E-state index in [0.29, 0.717) is 6.42 Å². The lowest BCUT2D eigenvalue weighted by atomic mass is 10.1. The molecule has 0 atom stereocenters. The summed E-state index contributed by atoms with van der Waals surface area (Å²) in [6.07, 6.45) is 3.42. The van der Waals surface area contributed by atoms with Gasteiger partial charge in [0.25, 0.3) is 10.0 Å². The van der Waals surface area contributed by atoms with Gasteiger partial charge >= 0.3 is 0 Å². The molecule has 0 bridgehead atoms. The normalized spacial score (nSPS) is 11.7. The number of hydrogen-bond donors (Lipinski definition) is 1. The second kappa shape index (κ2) is 12.6. The number of aromatic nitrogens is 3. The fraction of sp³-hybridized carbons (Fsp3) is 0.333. The van der Waals surface area contributed by atoms with Crippen LogP contribution in [0.25, 0.3) is 11.0 Å². The Kier molecular flexibility index (Phi) is 12.0. The minimum atomic E-state index is -3.58. The molecule has 0 amide bonds. The first-order valence-electron chi connectivity index (χ1n) is 9.52. The van der Waals surface area contributed by atoms with Crippen LogP contribution in [0.1, 0.15) is 22.5 Å². The van der Waals surface area contributed by atoms with Crippen molar-refractivity contribution in [2.24, 2.45) is 5.73 Å². The Morgan fingerprint density at radius 3 is 2.36 bits per heavy atom. The lowest BCUT2D eigenvalue weighted by molar-refractivity contribution is 0.517. The SMILES string of the molecule is Cc1ccc2c(n1)c(Cc1ccc(S(=O)(=O)N(C)C)nc1)c(C)n2CC(F)=CCN.Cl.Cl.Cl. The molecule has 3 aromatic heterocycles. The van der Waals surface area contributed by atoms with E-state index in [1.54, 1.807) is 12.3 Å². The van der Waals surface area contributed by atoms with Crippen molar-refractivity contribution in [3.8, 4) is 0 Å². The Hall–Kier alpha value is -1.75. The maximum absolute atomic E-state index is 14.2. The minimum absolute atomic E-state index is 0. The number of rotatable bonds is 7. The molecule has 184 valence electrons. The molecule has 0 saturated heterocycles. The van der Waals surface area contributed by atoms with Crippen LogP contribution in [-0.4, -0.2) is 47.9 Å². The van der Waals surface area contributed by atoms with Crippen molar-refractivity contribution in [2.45, 2.75) is 31.8 Å². The van der Waals surface area contributed by atoms with Crippen molar-refractivity contribution >= 4 is 58.3 Å². The van der Waals surface area contributed by atoms with Gasteiger partial charge in [-0.2, -0.15) is 0 Å². The van der Waals surface area contributed by atoms with Gasteiger partial charge in [0.1, 0.15) is 5.83 Å². The average Bonchev–Trinajstić information content (AvgIpc) is 2.93. The van der Waals surface area contributed by atoms with Crippen molar-refractivity contribution in [3.05, 3.63) is 64.9 Å². The van der Waals surface area contributed by atoms with E-state index in [9.17, 15) is 12.8 Å². The minimum Gasteiger partial charge on any atom is -0.336 e. The van der Waals surface area contributed by atoms with Crippen LogP contribution in [0.15, 0.2) is 47.4 Å². The fourth-order valence-corrected chi connectivity index (χ4v) is 4.12. The summed E-state index contributed by atoms with van der Waals surface area (Å²) in [5, 5.41) is -0.00152. The summed E-state index contributed by atoms with van der Waals surface area (Å²) in [6, 6.07) is 7.09. The van der Waals surface area contributed by atoms with Crippen LogP contribution in [0.4, 0.5) is 4.39 Å². The molecule has 0 spiro atoms. The molecule has 3 rings (SSSR count). The molecule has 0 fully saturated rings. The molecule has 0 aromatic carbocycles. The standard InChI is InChI=1S/C21H26FN5O2S.3ClH/c1-14-5-7-19-21(25-14)18(15(2)27(19)13-17(22)9-10-23)11-16-6-8-20(24-12-16)30(28,29)26(3)4;;;/h5-9,12H,10-11,13,23H2,1-4H3;3*1H. The third-order valence-corrected chi connectivity index (χ3v) is 6.73. The highest BCUT2D eigenvalue weighted by Crippen LogP contribution is 2.28. The van der Waals surface area contributed by atoms with Gasteiger partial charge in [0.15, 0.2) is 5.03 Å². The van der Waals surface area contributed by atoms with Gasteiger partial charge in [-0.05, 0) is 43.7 Å². The average molecular weight is 541 g/mol. The molecule has 0 unspecified atom stereocenters. The Morgan fingerprint density at radius 1 is 1.15 bits per heavy atom. The number of halogens is 4. The maximum Gasteiger partial charge on any atom is 0.260 e. The van der Waals surface area contributed by atoms with Crippen molar-refractivity contribution in [1.29, 1.82) is 0 Å². The summed E-state index contributed by atoms with van der Waals surface area (Å²) >= 11 is 0. The molecular formula is C21H29Cl3FN5O2S. The van der Waals surface area contributed by atoms with E-state index in [2.05, 4.69) is 9.97 Å². The van der Waals surface area contributed by atoms with E-state index >= 15 is 0 Å². The van der Waals surface area contributed by atoms with Gasteiger partial charge in [-0.3, -0.25) is 4.98 Å². The molecule has 0 saturated carbocycles. The van der Waals surface area contributed by atoms with Crippen LogP contribution < -0.4 is 5.73 Å². The predicted octanol–water partition coefficient (Wildman–Crippen LogP) is 3.97. The van der Waals surface area contributed by atoms with E-state index < -0.39 is 10.0 Å². The lowest BCUT2D eigenvalue weighted by Gasteiger charge is -2.11. The van der Waals surface area contributed by atoms with E-state index in [4.69, 9.17) is 5.73 Å². The Morgan fingerprint density at radius 2 is 1.82 bits per heavy atom. The second-order valence-electron chi connectivity index (χ2n) is 7.33. The quantitative estimate of drug-likeness (QED) is 0.489. The Labute approximate surface area is 212 Å². The number of hydrogen-bond acceptors (Lipinski definition) is 5. The number of pyridine rings is 2. The summed E-state index contributed by atoms with van der Waals surface area (Å²) in [5.41, 5.74) is 10.6. The lowest BCUT2D eigenvalue weighted by Crippen LogP contribution is -2.23. The van der Waals surface area contributed by atoms with Crippen molar-refractivity contribution in [2.75, 3.05) is 20.6 Å². The third-order valence-electron chi connectivity index (χ3n) is 5.00. The van der Waals surface area contributed by atoms with Crippen LogP contribution in [0.5, 0.6) is 0 Å². The summed E-state index contributed by atoms with van der Waals surface area (Å²) in [5.74, 6) is -0.301. The van der Waals surface area contributed by atoms with Crippen LogP contribution in [-0.2, 0) is 23.0 Å². The van der Waals surface area contributed by atoms with Crippen LogP contribution in [0, 0.1) is 13.8 Å². The molecule has 0 radical (unpaired) electrons. The first kappa shape index (κ1) is 31.2. The van der Waals surface area contributed by atoms with Crippen LogP contribution in [0.3, 0.4) is 0 Å². The zero-order valence-electron chi connectivity index (χ0n) is 18.8. The van der Waals surface area contributed by atoms with Gasteiger partial charge < -0.3 is 10.3 Å². The number of sulfonamides is 1. The summed E-state index contributed by atoms with van der Waals surface area (Å²) in [6.45, 7) is 4.07. The van der Waals surface area contributed by atoms with Gasteiger partial charge in [0.05, 0.1) is 17.6 Å². The van der Waals surface area contributed by atoms with Crippen LogP contribution >= 0.6 is 37.2 Å². The molecular weight excluding hydrogens is 512 g/mol. The number of allylic oxidation sites excluding steroid dienone is 1. The highest BCUT2D eigenvalue weighted by atomic mass is 35.5. The number of nitrogens with zero attached hydrogens (tertiary/aromatic N) is 4.